The van der Waals surface area contributed by atoms with Gasteiger partial charge in [0.25, 0.3) is 0 Å². The summed E-state index contributed by atoms with van der Waals surface area (Å²) in [5.41, 5.74) is 2.65. The monoisotopic (exact) mass is 394 g/mol. The highest BCUT2D eigenvalue weighted by Crippen LogP contribution is 2.67. The van der Waals surface area contributed by atoms with E-state index in [-0.39, 0.29) is 34.2 Å². The van der Waals surface area contributed by atoms with Crippen molar-refractivity contribution in [3.63, 3.8) is 0 Å². The number of allylic oxidation sites excluding steroid dienone is 4. The molecule has 4 heteroatoms. The van der Waals surface area contributed by atoms with Gasteiger partial charge >= 0.3 is 0 Å². The van der Waals surface area contributed by atoms with Crippen LogP contribution in [0.3, 0.4) is 0 Å². The molecule has 0 spiro atoms. The Morgan fingerprint density at radius 3 is 2.83 bits per heavy atom. The summed E-state index contributed by atoms with van der Waals surface area (Å²) < 4.78 is 5.75. The van der Waals surface area contributed by atoms with Gasteiger partial charge in [-0.3, -0.25) is 9.59 Å². The van der Waals surface area contributed by atoms with E-state index in [4.69, 9.17) is 4.42 Å². The molecule has 0 amide bonds. The Hall–Kier alpha value is -1.94. The van der Waals surface area contributed by atoms with Gasteiger partial charge in [-0.1, -0.05) is 31.1 Å². The van der Waals surface area contributed by atoms with Gasteiger partial charge in [-0.2, -0.15) is 0 Å². The normalized spacial score (nSPS) is 41.1. The molecule has 1 aromatic rings. The third kappa shape index (κ3) is 2.61. The summed E-state index contributed by atoms with van der Waals surface area (Å²) in [6.07, 6.45) is 11.3. The highest BCUT2D eigenvalue weighted by Gasteiger charge is 2.61. The minimum Gasteiger partial charge on any atom is -0.469 e. The van der Waals surface area contributed by atoms with Crippen LogP contribution < -0.4 is 0 Å². The van der Waals surface area contributed by atoms with Gasteiger partial charge in [0.05, 0.1) is 6.26 Å². The van der Waals surface area contributed by atoms with Crippen LogP contribution in [0.2, 0.25) is 0 Å². The predicted octanol–water partition coefficient (Wildman–Crippen LogP) is 4.60. The zero-order chi connectivity index (χ0) is 20.4. The first kappa shape index (κ1) is 19.0. The topological polar surface area (TPSA) is 67.5 Å². The Balaban J connectivity index is 1.57. The van der Waals surface area contributed by atoms with Crippen LogP contribution in [0.25, 0.3) is 0 Å². The number of ketones is 2. The quantitative estimate of drug-likeness (QED) is 0.761. The molecule has 0 saturated heterocycles. The Bertz CT molecular complexity index is 907. The molecule has 2 saturated carbocycles. The summed E-state index contributed by atoms with van der Waals surface area (Å²) >= 11 is 0. The van der Waals surface area contributed by atoms with Gasteiger partial charge < -0.3 is 9.52 Å². The van der Waals surface area contributed by atoms with Gasteiger partial charge in [0.15, 0.2) is 11.6 Å². The molecule has 4 nitrogen and oxygen atoms in total. The first-order valence-corrected chi connectivity index (χ1v) is 11.0. The van der Waals surface area contributed by atoms with Crippen molar-refractivity contribution in [2.75, 3.05) is 6.61 Å². The van der Waals surface area contributed by atoms with E-state index in [1.54, 1.807) is 6.26 Å². The van der Waals surface area contributed by atoms with E-state index in [0.717, 1.165) is 37.9 Å². The van der Waals surface area contributed by atoms with Crippen LogP contribution in [0.4, 0.5) is 0 Å². The molecule has 154 valence electrons. The molecule has 6 atom stereocenters. The van der Waals surface area contributed by atoms with E-state index in [0.29, 0.717) is 18.3 Å². The van der Waals surface area contributed by atoms with Gasteiger partial charge in [-0.25, -0.2) is 0 Å². The van der Waals surface area contributed by atoms with Crippen LogP contribution in [0.5, 0.6) is 0 Å². The maximum Gasteiger partial charge on any atom is 0.162 e. The van der Waals surface area contributed by atoms with Gasteiger partial charge in [0.2, 0.25) is 0 Å². The van der Waals surface area contributed by atoms with E-state index >= 15 is 0 Å². The van der Waals surface area contributed by atoms with Crippen LogP contribution in [-0.2, 0) is 9.59 Å². The smallest absolute Gasteiger partial charge is 0.162 e. The summed E-state index contributed by atoms with van der Waals surface area (Å²) in [7, 11) is 0. The Labute approximate surface area is 172 Å². The van der Waals surface area contributed by atoms with E-state index < -0.39 is 6.61 Å². The maximum absolute atomic E-state index is 12.9. The second kappa shape index (κ2) is 6.53. The van der Waals surface area contributed by atoms with Crippen molar-refractivity contribution in [2.45, 2.75) is 58.3 Å². The maximum atomic E-state index is 12.9. The van der Waals surface area contributed by atoms with Crippen molar-refractivity contribution in [2.24, 2.45) is 28.6 Å². The van der Waals surface area contributed by atoms with Gasteiger partial charge in [-0.15, -0.1) is 0 Å². The lowest BCUT2D eigenvalue weighted by Gasteiger charge is -2.53. The van der Waals surface area contributed by atoms with Gasteiger partial charge in [0.1, 0.15) is 12.4 Å². The zero-order valence-corrected chi connectivity index (χ0v) is 17.3. The molecule has 0 aliphatic heterocycles. The summed E-state index contributed by atoms with van der Waals surface area (Å²) in [6, 6.07) is 3.87. The van der Waals surface area contributed by atoms with E-state index in [9.17, 15) is 14.7 Å². The third-order valence-corrected chi connectivity index (χ3v) is 8.80. The molecule has 0 radical (unpaired) electrons. The number of Topliss-reactive ketones (excluding diaryl/α,β-unsaturated/α-hetero) is 1. The number of hydrogen-bond acceptors (Lipinski definition) is 4. The number of fused-ring (bicyclic) bond motifs is 5. The average molecular weight is 395 g/mol. The lowest BCUT2D eigenvalue weighted by molar-refractivity contribution is -0.130. The average Bonchev–Trinajstić information content (AvgIpc) is 3.33. The van der Waals surface area contributed by atoms with E-state index in [2.05, 4.69) is 19.9 Å². The van der Waals surface area contributed by atoms with Crippen molar-refractivity contribution in [3.05, 3.63) is 47.5 Å². The molecule has 0 bridgehead atoms. The predicted molar refractivity (Wildman–Crippen MR) is 109 cm³/mol. The molecule has 4 aliphatic carbocycles. The van der Waals surface area contributed by atoms with Crippen LogP contribution in [0.1, 0.15) is 64.1 Å². The molecular weight excluding hydrogens is 364 g/mol. The molecular formula is C25H30O4. The fraction of sp³-hybridized carbons (Fsp3) is 0.600. The fourth-order valence-corrected chi connectivity index (χ4v) is 7.38. The Morgan fingerprint density at radius 2 is 2.10 bits per heavy atom. The molecule has 0 aromatic carbocycles. The van der Waals surface area contributed by atoms with Crippen LogP contribution in [-0.4, -0.2) is 23.3 Å². The number of furan rings is 1. The lowest BCUT2D eigenvalue weighted by atomic mass is 9.51. The molecule has 1 heterocycles. The molecule has 2 fully saturated rings. The number of aliphatic hydroxyl groups excluding tert-OH is 1. The van der Waals surface area contributed by atoms with Crippen LogP contribution >= 0.6 is 0 Å². The SMILES string of the molecule is C[C@]12CCC(=O)C=C1CCC1C2=CC[C@@]2(C)C1C[C@H](c1ccco1)[C@@H]2C(=O)CO. The van der Waals surface area contributed by atoms with E-state index in [1.165, 1.54) is 11.1 Å². The largest absolute Gasteiger partial charge is 0.469 e. The number of carbonyl (C=O) groups is 2. The van der Waals surface area contributed by atoms with Gasteiger partial charge in [-0.05, 0) is 67.6 Å². The molecule has 1 N–H and O–H groups in total. The third-order valence-electron chi connectivity index (χ3n) is 8.80. The second-order valence-electron chi connectivity index (χ2n) is 10.0. The number of hydrogen-bond donors (Lipinski definition) is 1. The summed E-state index contributed by atoms with van der Waals surface area (Å²) in [5.74, 6) is 1.75. The fourth-order valence-electron chi connectivity index (χ4n) is 7.38. The Kier molecular flexibility index (Phi) is 4.29. The van der Waals surface area contributed by atoms with Crippen molar-refractivity contribution >= 4 is 11.6 Å². The summed E-state index contributed by atoms with van der Waals surface area (Å²) in [5, 5.41) is 9.73. The highest BCUT2D eigenvalue weighted by atomic mass is 16.3. The first-order valence-electron chi connectivity index (χ1n) is 11.0. The van der Waals surface area contributed by atoms with Crippen LogP contribution in [0.15, 0.2) is 46.1 Å². The second-order valence-corrected chi connectivity index (χ2v) is 10.0. The van der Waals surface area contributed by atoms with Gasteiger partial charge in [0, 0.05) is 23.7 Å². The van der Waals surface area contributed by atoms with Crippen molar-refractivity contribution in [1.82, 2.24) is 0 Å². The molecule has 2 unspecified atom stereocenters. The highest BCUT2D eigenvalue weighted by molar-refractivity contribution is 5.92. The number of rotatable bonds is 3. The van der Waals surface area contributed by atoms with Crippen molar-refractivity contribution < 1.29 is 19.1 Å². The zero-order valence-electron chi connectivity index (χ0n) is 17.3. The standard InChI is InChI=1S/C25H30O4/c1-24-9-7-16(27)12-15(24)5-6-17-19(24)8-10-25(2)20(17)13-18(22-4-3-11-29-22)23(25)21(28)14-26/h3-4,8,11-12,17-18,20,23,26H,5-7,9-10,13-14H2,1-2H3/t17?,18-,20?,23-,24+,25+/m1/s1. The van der Waals surface area contributed by atoms with Crippen LogP contribution in [0, 0.1) is 28.6 Å². The lowest BCUT2D eigenvalue weighted by Crippen LogP contribution is -2.46. The molecule has 1 aromatic heterocycles. The van der Waals surface area contributed by atoms with E-state index in [1.807, 2.05) is 18.2 Å². The Morgan fingerprint density at radius 1 is 1.28 bits per heavy atom. The minimum atomic E-state index is -0.405. The molecule has 4 aliphatic rings. The minimum absolute atomic E-state index is 0.00257. The summed E-state index contributed by atoms with van der Waals surface area (Å²) in [6.45, 7) is 4.17. The first-order chi connectivity index (χ1) is 13.9. The van der Waals surface area contributed by atoms with Crippen molar-refractivity contribution in [3.8, 4) is 0 Å². The molecule has 29 heavy (non-hydrogen) atoms. The molecule has 5 rings (SSSR count). The number of aliphatic hydroxyl groups is 1. The number of carbonyl (C=O) groups excluding carboxylic acids is 2. The summed E-state index contributed by atoms with van der Waals surface area (Å²) in [4.78, 5) is 24.9. The van der Waals surface area contributed by atoms with Crippen molar-refractivity contribution in [1.29, 1.82) is 0 Å².